The number of aromatic nitrogens is 1. The van der Waals surface area contributed by atoms with Crippen LogP contribution in [0.2, 0.25) is 5.02 Å². The van der Waals surface area contributed by atoms with Crippen LogP contribution in [-0.4, -0.2) is 24.1 Å². The third-order valence-corrected chi connectivity index (χ3v) is 3.98. The molecule has 2 heterocycles. The molecule has 1 aliphatic rings. The molecule has 0 aliphatic carbocycles. The molecule has 1 unspecified atom stereocenters. The molecule has 0 saturated carbocycles. The van der Waals surface area contributed by atoms with Crippen molar-refractivity contribution in [1.82, 2.24) is 10.3 Å². The summed E-state index contributed by atoms with van der Waals surface area (Å²) in [6.45, 7) is 2.08. The predicted molar refractivity (Wildman–Crippen MR) is 80.9 cm³/mol. The molecule has 19 heavy (non-hydrogen) atoms. The van der Waals surface area contributed by atoms with Crippen molar-refractivity contribution in [3.63, 3.8) is 0 Å². The maximum absolute atomic E-state index is 6.18. The first kappa shape index (κ1) is 12.7. The summed E-state index contributed by atoms with van der Waals surface area (Å²) >= 11 is 6.18. The lowest BCUT2D eigenvalue weighted by Gasteiger charge is -2.24. The summed E-state index contributed by atoms with van der Waals surface area (Å²) < 4.78 is 0. The number of anilines is 1. The molecule has 4 heteroatoms. The normalized spacial score (nSPS) is 19.5. The monoisotopic (exact) mass is 275 g/mol. The second-order valence-electron chi connectivity index (χ2n) is 5.02. The van der Waals surface area contributed by atoms with Crippen LogP contribution < -0.4 is 10.6 Å². The Morgan fingerprint density at radius 2 is 2.26 bits per heavy atom. The summed E-state index contributed by atoms with van der Waals surface area (Å²) in [7, 11) is 0. The summed E-state index contributed by atoms with van der Waals surface area (Å²) in [6.07, 6.45) is 5.64. The summed E-state index contributed by atoms with van der Waals surface area (Å²) in [5, 5.41) is 8.86. The highest BCUT2D eigenvalue weighted by Crippen LogP contribution is 2.28. The number of nitrogens with one attached hydrogen (secondary N) is 2. The van der Waals surface area contributed by atoms with Crippen molar-refractivity contribution in [3.8, 4) is 0 Å². The Bertz CT molecular complexity index is 564. The molecule has 1 fully saturated rings. The Labute approximate surface area is 118 Å². The molecular weight excluding hydrogens is 258 g/mol. The van der Waals surface area contributed by atoms with Gasteiger partial charge in [0.2, 0.25) is 0 Å². The van der Waals surface area contributed by atoms with Gasteiger partial charge in [-0.05, 0) is 43.7 Å². The lowest BCUT2D eigenvalue weighted by molar-refractivity contribution is 0.414. The van der Waals surface area contributed by atoms with Crippen LogP contribution in [0.1, 0.15) is 19.3 Å². The van der Waals surface area contributed by atoms with Gasteiger partial charge in [0.05, 0.1) is 10.5 Å². The van der Waals surface area contributed by atoms with E-state index < -0.39 is 0 Å². The van der Waals surface area contributed by atoms with E-state index in [1.807, 2.05) is 18.2 Å². The van der Waals surface area contributed by atoms with Crippen LogP contribution in [0, 0.1) is 0 Å². The smallest absolute Gasteiger partial charge is 0.0908 e. The molecule has 100 valence electrons. The molecule has 0 radical (unpaired) electrons. The number of hydrogen-bond acceptors (Lipinski definition) is 3. The molecule has 1 aromatic heterocycles. The highest BCUT2D eigenvalue weighted by molar-refractivity contribution is 6.35. The second-order valence-corrected chi connectivity index (χ2v) is 5.43. The van der Waals surface area contributed by atoms with Gasteiger partial charge in [-0.3, -0.25) is 4.98 Å². The summed E-state index contributed by atoms with van der Waals surface area (Å²) in [5.41, 5.74) is 1.98. The highest BCUT2D eigenvalue weighted by atomic mass is 35.5. The lowest BCUT2D eigenvalue weighted by atomic mass is 10.0. The zero-order valence-corrected chi connectivity index (χ0v) is 11.6. The van der Waals surface area contributed by atoms with E-state index in [1.165, 1.54) is 19.3 Å². The SMILES string of the molecule is Clc1ccc(NCC2CCCCN2)c2cccnc12. The van der Waals surface area contributed by atoms with Crippen LogP contribution in [-0.2, 0) is 0 Å². The quantitative estimate of drug-likeness (QED) is 0.901. The average molecular weight is 276 g/mol. The largest absolute Gasteiger partial charge is 0.383 e. The Kier molecular flexibility index (Phi) is 3.85. The fourth-order valence-electron chi connectivity index (χ4n) is 2.62. The lowest BCUT2D eigenvalue weighted by Crippen LogP contribution is -2.39. The molecule has 3 nitrogen and oxygen atoms in total. The van der Waals surface area contributed by atoms with Crippen molar-refractivity contribution in [2.24, 2.45) is 0 Å². The predicted octanol–water partition coefficient (Wildman–Crippen LogP) is 3.44. The van der Waals surface area contributed by atoms with Gasteiger partial charge >= 0.3 is 0 Å². The van der Waals surface area contributed by atoms with E-state index in [9.17, 15) is 0 Å². The minimum absolute atomic E-state index is 0.566. The first-order valence-electron chi connectivity index (χ1n) is 6.85. The van der Waals surface area contributed by atoms with Gasteiger partial charge in [0.15, 0.2) is 0 Å². The van der Waals surface area contributed by atoms with Crippen molar-refractivity contribution in [2.45, 2.75) is 25.3 Å². The van der Waals surface area contributed by atoms with E-state index in [1.54, 1.807) is 6.20 Å². The number of nitrogens with zero attached hydrogens (tertiary/aromatic N) is 1. The molecule has 1 saturated heterocycles. The van der Waals surface area contributed by atoms with Crippen molar-refractivity contribution in [2.75, 3.05) is 18.4 Å². The van der Waals surface area contributed by atoms with Crippen molar-refractivity contribution < 1.29 is 0 Å². The van der Waals surface area contributed by atoms with Gasteiger partial charge < -0.3 is 10.6 Å². The van der Waals surface area contributed by atoms with E-state index >= 15 is 0 Å². The van der Waals surface area contributed by atoms with Crippen LogP contribution in [0.3, 0.4) is 0 Å². The molecule has 0 amide bonds. The molecule has 0 spiro atoms. The molecule has 1 aromatic carbocycles. The van der Waals surface area contributed by atoms with E-state index in [0.717, 1.165) is 29.7 Å². The van der Waals surface area contributed by atoms with E-state index in [-0.39, 0.29) is 0 Å². The Hall–Kier alpha value is -1.32. The number of piperidine rings is 1. The second kappa shape index (κ2) is 5.76. The zero-order chi connectivity index (χ0) is 13.1. The number of benzene rings is 1. The summed E-state index contributed by atoms with van der Waals surface area (Å²) in [5.74, 6) is 0. The van der Waals surface area contributed by atoms with E-state index in [0.29, 0.717) is 11.1 Å². The number of halogens is 1. The Balaban J connectivity index is 1.79. The van der Waals surface area contributed by atoms with Crippen molar-refractivity contribution >= 4 is 28.2 Å². The third-order valence-electron chi connectivity index (χ3n) is 3.67. The van der Waals surface area contributed by atoms with Gasteiger partial charge in [0, 0.05) is 29.9 Å². The number of pyridine rings is 1. The molecular formula is C15H18ClN3. The zero-order valence-electron chi connectivity index (χ0n) is 10.8. The van der Waals surface area contributed by atoms with Crippen molar-refractivity contribution in [3.05, 3.63) is 35.5 Å². The van der Waals surface area contributed by atoms with E-state index in [4.69, 9.17) is 11.6 Å². The minimum atomic E-state index is 0.566. The maximum Gasteiger partial charge on any atom is 0.0908 e. The molecule has 3 rings (SSSR count). The van der Waals surface area contributed by atoms with Crippen molar-refractivity contribution in [1.29, 1.82) is 0 Å². The Morgan fingerprint density at radius 1 is 1.32 bits per heavy atom. The van der Waals surface area contributed by atoms with Crippen LogP contribution in [0.15, 0.2) is 30.5 Å². The standard InChI is InChI=1S/C15H18ClN3/c16-13-6-7-14(12-5-3-9-18-15(12)13)19-10-11-4-1-2-8-17-11/h3,5-7,9,11,17,19H,1-2,4,8,10H2. The number of rotatable bonds is 3. The molecule has 1 aliphatic heterocycles. The summed E-state index contributed by atoms with van der Waals surface area (Å²) in [6, 6.07) is 8.52. The molecule has 0 bridgehead atoms. The average Bonchev–Trinajstić information content (AvgIpc) is 2.48. The minimum Gasteiger partial charge on any atom is -0.383 e. The topological polar surface area (TPSA) is 37.0 Å². The van der Waals surface area contributed by atoms with Gasteiger partial charge in [-0.2, -0.15) is 0 Å². The first-order chi connectivity index (χ1) is 9.34. The summed E-state index contributed by atoms with van der Waals surface area (Å²) in [4.78, 5) is 4.35. The van der Waals surface area contributed by atoms with Crippen LogP contribution in [0.4, 0.5) is 5.69 Å². The van der Waals surface area contributed by atoms with Gasteiger partial charge in [0.25, 0.3) is 0 Å². The van der Waals surface area contributed by atoms with Crippen LogP contribution in [0.5, 0.6) is 0 Å². The third kappa shape index (κ3) is 2.82. The molecule has 1 atom stereocenters. The fourth-order valence-corrected chi connectivity index (χ4v) is 2.84. The number of fused-ring (bicyclic) bond motifs is 1. The first-order valence-corrected chi connectivity index (χ1v) is 7.23. The van der Waals surface area contributed by atoms with Gasteiger partial charge in [-0.1, -0.05) is 18.0 Å². The van der Waals surface area contributed by atoms with Crippen LogP contribution in [0.25, 0.3) is 10.9 Å². The Morgan fingerprint density at radius 3 is 3.11 bits per heavy atom. The molecule has 2 N–H and O–H groups in total. The van der Waals surface area contributed by atoms with Crippen LogP contribution >= 0.6 is 11.6 Å². The highest BCUT2D eigenvalue weighted by Gasteiger charge is 2.12. The maximum atomic E-state index is 6.18. The molecule has 2 aromatic rings. The fraction of sp³-hybridized carbons (Fsp3) is 0.400. The van der Waals surface area contributed by atoms with E-state index in [2.05, 4.69) is 21.7 Å². The van der Waals surface area contributed by atoms with Gasteiger partial charge in [-0.25, -0.2) is 0 Å². The van der Waals surface area contributed by atoms with Gasteiger partial charge in [0.1, 0.15) is 0 Å². The van der Waals surface area contributed by atoms with Gasteiger partial charge in [-0.15, -0.1) is 0 Å². The number of hydrogen-bond donors (Lipinski definition) is 2.